The second kappa shape index (κ2) is 29.9. The van der Waals surface area contributed by atoms with E-state index in [0.717, 1.165) is 44.5 Å². The van der Waals surface area contributed by atoms with Crippen molar-refractivity contribution in [3.8, 4) is 165 Å². The van der Waals surface area contributed by atoms with Gasteiger partial charge >= 0.3 is 12.4 Å². The molecule has 120 heavy (non-hydrogen) atoms. The first-order valence-corrected chi connectivity index (χ1v) is 38.2. The van der Waals surface area contributed by atoms with Crippen LogP contribution >= 0.6 is 0 Å². The van der Waals surface area contributed by atoms with E-state index in [1.54, 1.807) is 0 Å². The fraction of sp³-hybridized carbons (Fsp3) is 0.0202. The Labute approximate surface area is 680 Å². The molecule has 0 spiro atoms. The first kappa shape index (κ1) is 72.7. The number of nitrogens with zero attached hydrogens (tertiary/aromatic N) is 15. The molecule has 0 aliphatic heterocycles. The quantitative estimate of drug-likeness (QED) is 0.0883. The van der Waals surface area contributed by atoms with Gasteiger partial charge in [0.15, 0.2) is 69.9 Å². The summed E-state index contributed by atoms with van der Waals surface area (Å²) in [5.74, 6) is 4.37. The molecule has 570 valence electrons. The highest BCUT2D eigenvalue weighted by Crippen LogP contribution is 2.47. The van der Waals surface area contributed by atoms with Gasteiger partial charge in [0.2, 0.25) is 0 Å². The summed E-state index contributed by atoms with van der Waals surface area (Å²) in [5.41, 5.74) is 6.27. The Morgan fingerprint density at radius 2 is 0.383 bits per heavy atom. The summed E-state index contributed by atoms with van der Waals surface area (Å²) in [6, 6.07) is 106. The molecule has 0 fully saturated rings. The van der Waals surface area contributed by atoms with Crippen molar-refractivity contribution >= 4 is 43.6 Å². The molecule has 0 aliphatic carbocycles. The first-order chi connectivity index (χ1) is 58.6. The highest BCUT2D eigenvalue weighted by Gasteiger charge is 2.38. The van der Waals surface area contributed by atoms with Crippen LogP contribution in [0, 0.1) is 11.3 Å². The maximum absolute atomic E-state index is 15.5. The molecule has 0 radical (unpaired) electrons. The van der Waals surface area contributed by atoms with Crippen molar-refractivity contribution in [3.05, 3.63) is 362 Å². The van der Waals surface area contributed by atoms with Crippen molar-refractivity contribution in [1.29, 1.82) is 5.26 Å². The Bertz CT molecular complexity index is 6390. The molecule has 20 aromatic rings. The number of aromatic nitrogens is 14. The molecule has 21 heteroatoms. The average Bonchev–Trinajstić information content (AvgIpc) is 1.45. The SMILES string of the molecule is N#Cc1c(-n2c3ccc(-c4nc(-c5ccccc5)nc(-c5ccccc5)n4)cc3c3cc(-c4nc(-c5ccccc5)nc(-c5ccccc5)n4)ccc32)cc(-c2cc(C(F)(F)F)cc(C(F)(F)F)c2)cc1-n1c2ccc(-c3nc(-c4ccccc4)nc(-c4ccccc4)n3)cc2c2cc(-c3nc(-c4ccccc4)nc(-c4ccccc4)n3)ccc21. The van der Waals surface area contributed by atoms with Crippen molar-refractivity contribution in [2.75, 3.05) is 0 Å². The van der Waals surface area contributed by atoms with Gasteiger partial charge in [0.1, 0.15) is 11.6 Å². The lowest BCUT2D eigenvalue weighted by Crippen LogP contribution is -2.11. The Morgan fingerprint density at radius 3 is 0.567 bits per heavy atom. The third kappa shape index (κ3) is 13.8. The molecule has 0 atom stereocenters. The summed E-state index contributed by atoms with van der Waals surface area (Å²) < 4.78 is 96.6. The van der Waals surface area contributed by atoms with Crippen molar-refractivity contribution in [2.24, 2.45) is 0 Å². The minimum Gasteiger partial charge on any atom is -0.308 e. The minimum atomic E-state index is -5.26. The van der Waals surface area contributed by atoms with Gasteiger partial charge in [-0.1, -0.05) is 243 Å². The van der Waals surface area contributed by atoms with Crippen LogP contribution in [0.2, 0.25) is 0 Å². The maximum Gasteiger partial charge on any atom is 0.416 e. The fourth-order valence-corrected chi connectivity index (χ4v) is 15.2. The lowest BCUT2D eigenvalue weighted by molar-refractivity contribution is -0.143. The van der Waals surface area contributed by atoms with E-state index in [1.165, 1.54) is 12.1 Å². The van der Waals surface area contributed by atoms with Crippen LogP contribution in [-0.4, -0.2) is 68.9 Å². The summed E-state index contributed by atoms with van der Waals surface area (Å²) in [6.07, 6.45) is -10.5. The monoisotopic (exact) mass is 1570 g/mol. The number of rotatable bonds is 15. The molecule has 0 saturated heterocycles. The van der Waals surface area contributed by atoms with E-state index in [9.17, 15) is 5.26 Å². The van der Waals surface area contributed by atoms with E-state index in [-0.39, 0.29) is 28.6 Å². The molecule has 0 aliphatic rings. The Hall–Kier alpha value is -16.2. The highest BCUT2D eigenvalue weighted by molar-refractivity contribution is 6.14. The topological polar surface area (TPSA) is 188 Å². The van der Waals surface area contributed by atoms with Gasteiger partial charge in [0.05, 0.1) is 44.6 Å². The molecule has 20 rings (SSSR count). The van der Waals surface area contributed by atoms with Crippen LogP contribution in [0.1, 0.15) is 16.7 Å². The standard InChI is InChI=1S/C99H57F6N15/c100-98(101,102)73-49-71(50-74(57-73)99(103,104)105)72-55-84(119-80-45-41-67(94-111-86(59-25-9-1-10-26-59)107-87(112-94)60-27-11-2-12-28-60)51-75(80)76-52-68(42-46-81(76)119)95-113-88(61-29-13-3-14-30-61)108-89(114-95)62-31-15-4-16-32-62)79(58-106)85(56-72)120-82-47-43-69(96-115-90(63-33-17-5-18-34-63)109-91(116-96)64-35-19-6-20-36-64)53-77(82)78-54-70(44-48-83(78)120)97-117-92(65-37-21-7-22-38-65)110-93(118-97)66-39-23-8-24-40-66/h1-57H. The van der Waals surface area contributed by atoms with Crippen LogP contribution in [0.4, 0.5) is 26.3 Å². The summed E-state index contributed by atoms with van der Waals surface area (Å²) in [7, 11) is 0. The number of alkyl halides is 6. The molecule has 14 aromatic carbocycles. The van der Waals surface area contributed by atoms with Gasteiger partial charge in [-0.05, 0) is 114 Å². The Balaban J connectivity index is 0.880. The first-order valence-electron chi connectivity index (χ1n) is 38.2. The Morgan fingerprint density at radius 1 is 0.200 bits per heavy atom. The zero-order valence-corrected chi connectivity index (χ0v) is 62.9. The molecule has 0 bridgehead atoms. The molecule has 15 nitrogen and oxygen atoms in total. The predicted molar refractivity (Wildman–Crippen MR) is 454 cm³/mol. The van der Waals surface area contributed by atoms with E-state index >= 15 is 26.3 Å². The van der Waals surface area contributed by atoms with Gasteiger partial charge in [-0.15, -0.1) is 0 Å². The fourth-order valence-electron chi connectivity index (χ4n) is 15.2. The van der Waals surface area contributed by atoms with Crippen molar-refractivity contribution in [1.82, 2.24) is 68.9 Å². The molecule has 6 heterocycles. The molecule has 6 aromatic heterocycles. The molecule has 0 saturated carbocycles. The normalized spacial score (nSPS) is 11.7. The number of fused-ring (bicyclic) bond motifs is 6. The smallest absolute Gasteiger partial charge is 0.308 e. The number of hydrogen-bond acceptors (Lipinski definition) is 13. The molecular formula is C99H57F6N15. The maximum atomic E-state index is 15.5. The van der Waals surface area contributed by atoms with Crippen LogP contribution in [0.3, 0.4) is 0 Å². The molecule has 0 unspecified atom stereocenters. The zero-order chi connectivity index (χ0) is 81.2. The number of benzene rings is 14. The summed E-state index contributed by atoms with van der Waals surface area (Å²) >= 11 is 0. The van der Waals surface area contributed by atoms with Crippen molar-refractivity contribution in [2.45, 2.75) is 12.4 Å². The van der Waals surface area contributed by atoms with E-state index < -0.39 is 29.0 Å². The van der Waals surface area contributed by atoms with Gasteiger partial charge in [-0.2, -0.15) is 31.6 Å². The van der Waals surface area contributed by atoms with Crippen molar-refractivity contribution < 1.29 is 26.3 Å². The summed E-state index contributed by atoms with van der Waals surface area (Å²) in [6.45, 7) is 0. The third-order valence-corrected chi connectivity index (χ3v) is 21.0. The van der Waals surface area contributed by atoms with Crippen molar-refractivity contribution in [3.63, 3.8) is 0 Å². The van der Waals surface area contributed by atoms with Gasteiger partial charge in [0, 0.05) is 88.3 Å². The number of nitriles is 1. The lowest BCUT2D eigenvalue weighted by atomic mass is 9.96. The number of hydrogen-bond donors (Lipinski definition) is 0. The second-order valence-corrected chi connectivity index (χ2v) is 28.5. The van der Waals surface area contributed by atoms with Gasteiger partial charge < -0.3 is 9.13 Å². The van der Waals surface area contributed by atoms with Crippen LogP contribution in [0.25, 0.3) is 203 Å². The van der Waals surface area contributed by atoms with E-state index in [0.29, 0.717) is 148 Å². The van der Waals surface area contributed by atoms with Crippen LogP contribution in [-0.2, 0) is 12.4 Å². The highest BCUT2D eigenvalue weighted by atomic mass is 19.4. The van der Waals surface area contributed by atoms with Gasteiger partial charge in [0.25, 0.3) is 0 Å². The minimum absolute atomic E-state index is 0.0365. The van der Waals surface area contributed by atoms with E-state index in [1.807, 2.05) is 325 Å². The lowest BCUT2D eigenvalue weighted by Gasteiger charge is -2.20. The predicted octanol–water partition coefficient (Wildman–Crippen LogP) is 24.2. The summed E-state index contributed by atoms with van der Waals surface area (Å²) in [4.78, 5) is 61.0. The molecule has 0 N–H and O–H groups in total. The molecular weight excluding hydrogens is 1510 g/mol. The summed E-state index contributed by atoms with van der Waals surface area (Å²) in [5, 5.41) is 14.8. The molecule has 0 amide bonds. The van der Waals surface area contributed by atoms with E-state index in [4.69, 9.17) is 59.8 Å². The Kier molecular flexibility index (Phi) is 18.1. The number of halogens is 6. The average molecular weight is 1570 g/mol. The van der Waals surface area contributed by atoms with Gasteiger partial charge in [-0.25, -0.2) is 59.8 Å². The van der Waals surface area contributed by atoms with Crippen LogP contribution in [0.15, 0.2) is 346 Å². The van der Waals surface area contributed by atoms with Crippen LogP contribution in [0.5, 0.6) is 0 Å². The van der Waals surface area contributed by atoms with E-state index in [2.05, 4.69) is 6.07 Å². The van der Waals surface area contributed by atoms with Crippen LogP contribution < -0.4 is 0 Å². The zero-order valence-electron chi connectivity index (χ0n) is 62.9. The largest absolute Gasteiger partial charge is 0.416 e. The second-order valence-electron chi connectivity index (χ2n) is 28.5. The van der Waals surface area contributed by atoms with Gasteiger partial charge in [-0.3, -0.25) is 0 Å². The third-order valence-electron chi connectivity index (χ3n) is 21.0.